The molecule has 0 aliphatic carbocycles. The van der Waals surface area contributed by atoms with E-state index in [0.717, 1.165) is 36.4 Å². The first kappa shape index (κ1) is 30.5. The lowest BCUT2D eigenvalue weighted by atomic mass is 9.96. The number of carbonyl (C=O) groups is 1. The van der Waals surface area contributed by atoms with Gasteiger partial charge in [-0.1, -0.05) is 36.4 Å². The van der Waals surface area contributed by atoms with Gasteiger partial charge in [-0.25, -0.2) is 9.97 Å². The second-order valence-corrected chi connectivity index (χ2v) is 8.66. The van der Waals surface area contributed by atoms with Gasteiger partial charge in [0.15, 0.2) is 5.78 Å². The molecule has 0 bridgehead atoms. The molecule has 220 valence electrons. The van der Waals surface area contributed by atoms with Crippen molar-refractivity contribution in [3.63, 3.8) is 0 Å². The molecule has 0 amide bonds. The van der Waals surface area contributed by atoms with E-state index in [1.165, 1.54) is 0 Å². The Labute approximate surface area is 227 Å². The first-order valence-electron chi connectivity index (χ1n) is 11.3. The van der Waals surface area contributed by atoms with Crippen molar-refractivity contribution in [3.05, 3.63) is 106 Å². The highest BCUT2D eigenvalue weighted by Crippen LogP contribution is 2.40. The molecular weight excluding hydrogens is 596 g/mol. The quantitative estimate of drug-likeness (QED) is 0.172. The third-order valence-electron chi connectivity index (χ3n) is 5.77. The molecule has 0 radical (unpaired) electrons. The third-order valence-corrected chi connectivity index (χ3v) is 5.77. The molecule has 0 N–H and O–H groups in total. The van der Waals surface area contributed by atoms with E-state index in [4.69, 9.17) is 0 Å². The smallest absolute Gasteiger partial charge is 0.289 e. The van der Waals surface area contributed by atoms with Crippen molar-refractivity contribution >= 4 is 5.78 Å². The number of ketones is 1. The number of alkyl halides is 12. The van der Waals surface area contributed by atoms with Crippen LogP contribution in [0.4, 0.5) is 52.7 Å². The number of hydrogen-bond donors (Lipinski definition) is 0. The predicted molar refractivity (Wildman–Crippen MR) is 123 cm³/mol. The molecule has 15 heteroatoms. The maximum Gasteiger partial charge on any atom is 0.433 e. The van der Waals surface area contributed by atoms with Gasteiger partial charge < -0.3 is 0 Å². The maximum absolute atomic E-state index is 13.7. The minimum Gasteiger partial charge on any atom is -0.289 e. The minimum absolute atomic E-state index is 0.110. The maximum atomic E-state index is 13.7. The summed E-state index contributed by atoms with van der Waals surface area (Å²) >= 11 is 0. The molecule has 0 saturated carbocycles. The van der Waals surface area contributed by atoms with E-state index in [9.17, 15) is 57.5 Å². The van der Waals surface area contributed by atoms with Crippen molar-refractivity contribution in [2.45, 2.75) is 24.7 Å². The van der Waals surface area contributed by atoms with Gasteiger partial charge in [0.1, 0.15) is 11.4 Å². The lowest BCUT2D eigenvalue weighted by Crippen LogP contribution is -2.15. The fourth-order valence-electron chi connectivity index (χ4n) is 3.96. The van der Waals surface area contributed by atoms with Gasteiger partial charge in [0, 0.05) is 22.3 Å². The Morgan fingerprint density at radius 2 is 0.810 bits per heavy atom. The van der Waals surface area contributed by atoms with E-state index >= 15 is 0 Å². The molecule has 0 spiro atoms. The van der Waals surface area contributed by atoms with Crippen LogP contribution >= 0.6 is 0 Å². The normalized spacial score (nSPS) is 12.9. The zero-order chi connectivity index (χ0) is 31.3. The van der Waals surface area contributed by atoms with Crippen LogP contribution in [0.25, 0.3) is 22.5 Å². The summed E-state index contributed by atoms with van der Waals surface area (Å²) in [6.07, 6.45) is -20.8. The van der Waals surface area contributed by atoms with Crippen molar-refractivity contribution in [3.8, 4) is 22.5 Å². The molecule has 0 fully saturated rings. The second-order valence-electron chi connectivity index (χ2n) is 8.66. The number of rotatable bonds is 4. The van der Waals surface area contributed by atoms with Crippen LogP contribution in [-0.4, -0.2) is 15.8 Å². The summed E-state index contributed by atoms with van der Waals surface area (Å²) in [7, 11) is 0. The number of nitrogens with zero attached hydrogens (tertiary/aromatic N) is 2. The number of pyridine rings is 2. The van der Waals surface area contributed by atoms with E-state index in [0.29, 0.717) is 24.3 Å². The van der Waals surface area contributed by atoms with E-state index < -0.39 is 86.6 Å². The van der Waals surface area contributed by atoms with Crippen molar-refractivity contribution < 1.29 is 57.5 Å². The third kappa shape index (κ3) is 6.39. The number of hydrogen-bond acceptors (Lipinski definition) is 3. The Bertz CT molecular complexity index is 1530. The molecule has 0 aliphatic rings. The largest absolute Gasteiger partial charge is 0.433 e. The first-order chi connectivity index (χ1) is 19.3. The standard InChI is InChI=1S/C27H12F12N2O/c28-24(29,30)17-7-3-1-5-15(17)19-9-13(11-21(40-19)26(34,35)36)23(42)14-10-20(41-22(12-14)27(37,38)39)16-6-2-4-8-18(16)25(31,32)33/h1-12H. The van der Waals surface area contributed by atoms with Crippen molar-refractivity contribution in [1.29, 1.82) is 0 Å². The zero-order valence-corrected chi connectivity index (χ0v) is 20.3. The molecule has 42 heavy (non-hydrogen) atoms. The van der Waals surface area contributed by atoms with E-state index in [2.05, 4.69) is 9.97 Å². The van der Waals surface area contributed by atoms with Crippen LogP contribution < -0.4 is 0 Å². The predicted octanol–water partition coefficient (Wildman–Crippen LogP) is 9.12. The Hall–Kier alpha value is -4.43. The summed E-state index contributed by atoms with van der Waals surface area (Å²) in [6.45, 7) is 0. The van der Waals surface area contributed by atoms with E-state index in [1.807, 2.05) is 0 Å². The SMILES string of the molecule is O=C(c1cc(-c2ccccc2C(F)(F)F)nc(C(F)(F)F)c1)c1cc(-c2ccccc2C(F)(F)F)nc(C(F)(F)F)c1. The van der Waals surface area contributed by atoms with Gasteiger partial charge in [-0.3, -0.25) is 4.79 Å². The van der Waals surface area contributed by atoms with Crippen molar-refractivity contribution in [2.24, 2.45) is 0 Å². The summed E-state index contributed by atoms with van der Waals surface area (Å²) in [5, 5.41) is 0. The number of halogens is 12. The van der Waals surface area contributed by atoms with Gasteiger partial charge in [0.2, 0.25) is 0 Å². The summed E-state index contributed by atoms with van der Waals surface area (Å²) in [5.74, 6) is -1.58. The van der Waals surface area contributed by atoms with Crippen LogP contribution in [0.2, 0.25) is 0 Å². The molecule has 4 aromatic rings. The van der Waals surface area contributed by atoms with Gasteiger partial charge in [-0.05, 0) is 36.4 Å². The highest BCUT2D eigenvalue weighted by Gasteiger charge is 2.39. The number of benzene rings is 2. The monoisotopic (exact) mass is 608 g/mol. The Balaban J connectivity index is 1.97. The second kappa shape index (κ2) is 10.4. The topological polar surface area (TPSA) is 42.9 Å². The van der Waals surface area contributed by atoms with Gasteiger partial charge in [0.05, 0.1) is 22.5 Å². The molecule has 0 saturated heterocycles. The molecule has 3 nitrogen and oxygen atoms in total. The molecule has 0 atom stereocenters. The van der Waals surface area contributed by atoms with Crippen molar-refractivity contribution in [2.75, 3.05) is 0 Å². The highest BCUT2D eigenvalue weighted by molar-refractivity contribution is 6.10. The fourth-order valence-corrected chi connectivity index (χ4v) is 3.96. The molecule has 0 unspecified atom stereocenters. The van der Waals surface area contributed by atoms with Crippen LogP contribution in [0.1, 0.15) is 38.4 Å². The Morgan fingerprint density at radius 3 is 1.12 bits per heavy atom. The van der Waals surface area contributed by atoms with Crippen LogP contribution in [0.5, 0.6) is 0 Å². The van der Waals surface area contributed by atoms with Gasteiger partial charge in [-0.15, -0.1) is 0 Å². The Kier molecular flexibility index (Phi) is 7.59. The number of carbonyl (C=O) groups excluding carboxylic acids is 1. The molecular formula is C27H12F12N2O. The first-order valence-corrected chi connectivity index (χ1v) is 11.3. The molecule has 4 rings (SSSR count). The average Bonchev–Trinajstić information content (AvgIpc) is 2.90. The fraction of sp³-hybridized carbons (Fsp3) is 0.148. The summed E-state index contributed by atoms with van der Waals surface area (Å²) in [5.41, 5.74) is -12.2. The summed E-state index contributed by atoms with van der Waals surface area (Å²) in [6, 6.07) is 7.89. The van der Waals surface area contributed by atoms with E-state index in [1.54, 1.807) is 0 Å². The summed E-state index contributed by atoms with van der Waals surface area (Å²) in [4.78, 5) is 19.7. The Morgan fingerprint density at radius 1 is 0.476 bits per heavy atom. The molecule has 2 aromatic heterocycles. The van der Waals surface area contributed by atoms with Crippen LogP contribution in [-0.2, 0) is 24.7 Å². The van der Waals surface area contributed by atoms with Gasteiger partial charge >= 0.3 is 24.7 Å². The van der Waals surface area contributed by atoms with Crippen molar-refractivity contribution in [1.82, 2.24) is 9.97 Å². The van der Waals surface area contributed by atoms with Crippen LogP contribution in [0.15, 0.2) is 72.8 Å². The molecule has 0 aliphatic heterocycles. The summed E-state index contributed by atoms with van der Waals surface area (Å²) < 4.78 is 163. The minimum atomic E-state index is -5.32. The average molecular weight is 608 g/mol. The molecule has 2 aromatic carbocycles. The highest BCUT2D eigenvalue weighted by atomic mass is 19.4. The van der Waals surface area contributed by atoms with Crippen LogP contribution in [0, 0.1) is 0 Å². The van der Waals surface area contributed by atoms with Gasteiger partial charge in [0.25, 0.3) is 0 Å². The molecule has 2 heterocycles. The lowest BCUT2D eigenvalue weighted by molar-refractivity contribution is -0.141. The zero-order valence-electron chi connectivity index (χ0n) is 20.3. The van der Waals surface area contributed by atoms with E-state index in [-0.39, 0.29) is 12.1 Å². The number of aromatic nitrogens is 2. The van der Waals surface area contributed by atoms with Gasteiger partial charge in [-0.2, -0.15) is 52.7 Å². The van der Waals surface area contributed by atoms with Crippen LogP contribution in [0.3, 0.4) is 0 Å². The lowest BCUT2D eigenvalue weighted by Gasteiger charge is -2.16.